The molecule has 0 saturated carbocycles. The molecule has 1 aromatic rings. The van der Waals surface area contributed by atoms with Crippen LogP contribution in [0.5, 0.6) is 0 Å². The number of aryl methyl sites for hydroxylation is 1. The fraction of sp³-hybridized carbons (Fsp3) is 0.722. The van der Waals surface area contributed by atoms with E-state index < -0.39 is 0 Å². The Bertz CT molecular complexity index is 534. The zero-order chi connectivity index (χ0) is 16.8. The van der Waals surface area contributed by atoms with Gasteiger partial charge in [0.15, 0.2) is 0 Å². The molecule has 3 heterocycles. The number of amides is 1. The second kappa shape index (κ2) is 8.42. The molecular weight excluding hydrogens is 302 g/mol. The average Bonchev–Trinajstić information content (AvgIpc) is 2.86. The second-order valence-electron chi connectivity index (χ2n) is 7.03. The van der Waals surface area contributed by atoms with E-state index in [4.69, 9.17) is 0 Å². The maximum absolute atomic E-state index is 12.5. The number of rotatable bonds is 4. The van der Waals surface area contributed by atoms with Gasteiger partial charge in [0.2, 0.25) is 5.91 Å². The number of carbonyl (C=O) groups excluding carboxylic acids is 1. The van der Waals surface area contributed by atoms with Gasteiger partial charge in [-0.25, -0.2) is 9.97 Å². The summed E-state index contributed by atoms with van der Waals surface area (Å²) >= 11 is 0. The third-order valence-corrected chi connectivity index (χ3v) is 5.06. The van der Waals surface area contributed by atoms with E-state index >= 15 is 0 Å². The predicted molar refractivity (Wildman–Crippen MR) is 94.9 cm³/mol. The van der Waals surface area contributed by atoms with E-state index in [0.29, 0.717) is 18.5 Å². The normalized spacial score (nSPS) is 20.6. The molecule has 6 nitrogen and oxygen atoms in total. The Hall–Kier alpha value is -1.69. The average molecular weight is 331 g/mol. The zero-order valence-electron chi connectivity index (χ0n) is 14.7. The Balaban J connectivity index is 1.42. The molecule has 0 bridgehead atoms. The first-order valence-corrected chi connectivity index (χ1v) is 9.26. The fourth-order valence-corrected chi connectivity index (χ4v) is 3.59. The van der Waals surface area contributed by atoms with Crippen LogP contribution in [0.2, 0.25) is 0 Å². The predicted octanol–water partition coefficient (Wildman–Crippen LogP) is 2.06. The molecular formula is C18H29N5O. The van der Waals surface area contributed by atoms with Crippen molar-refractivity contribution in [2.75, 3.05) is 38.0 Å². The minimum absolute atomic E-state index is 0.315. The molecule has 2 fully saturated rings. The van der Waals surface area contributed by atoms with Gasteiger partial charge in [-0.05, 0) is 32.6 Å². The molecule has 1 aromatic heterocycles. The van der Waals surface area contributed by atoms with Crippen LogP contribution < -0.4 is 5.32 Å². The van der Waals surface area contributed by atoms with Gasteiger partial charge < -0.3 is 10.2 Å². The first-order valence-electron chi connectivity index (χ1n) is 9.26. The summed E-state index contributed by atoms with van der Waals surface area (Å²) in [5, 5.41) is 3.49. The van der Waals surface area contributed by atoms with E-state index in [9.17, 15) is 4.79 Å². The summed E-state index contributed by atoms with van der Waals surface area (Å²) in [7, 11) is 0. The standard InChI is InChI=1S/C18H29N5O/c1-15-12-17(20-14-19-15)21-16-6-10-22(11-7-16)13-18(24)23-8-4-2-3-5-9-23/h12,14,16H,2-11,13H2,1H3,(H,19,20,21). The summed E-state index contributed by atoms with van der Waals surface area (Å²) in [5.74, 6) is 1.22. The van der Waals surface area contributed by atoms with Crippen LogP contribution in [0.3, 0.4) is 0 Å². The molecule has 1 N–H and O–H groups in total. The van der Waals surface area contributed by atoms with Crippen molar-refractivity contribution in [3.8, 4) is 0 Å². The van der Waals surface area contributed by atoms with Gasteiger partial charge in [-0.1, -0.05) is 12.8 Å². The third-order valence-electron chi connectivity index (χ3n) is 5.06. The van der Waals surface area contributed by atoms with Crippen LogP contribution in [-0.4, -0.2) is 64.4 Å². The Morgan fingerprint density at radius 3 is 2.50 bits per heavy atom. The zero-order valence-corrected chi connectivity index (χ0v) is 14.7. The van der Waals surface area contributed by atoms with Crippen LogP contribution in [0.4, 0.5) is 5.82 Å². The highest BCUT2D eigenvalue weighted by Gasteiger charge is 2.23. The molecule has 0 radical (unpaired) electrons. The van der Waals surface area contributed by atoms with Crippen LogP contribution in [-0.2, 0) is 4.79 Å². The van der Waals surface area contributed by atoms with Gasteiger partial charge in [0, 0.05) is 44.0 Å². The van der Waals surface area contributed by atoms with Crippen molar-refractivity contribution in [3.05, 3.63) is 18.1 Å². The molecule has 24 heavy (non-hydrogen) atoms. The molecule has 1 amide bonds. The summed E-state index contributed by atoms with van der Waals surface area (Å²) in [6, 6.07) is 2.42. The molecule has 0 aromatic carbocycles. The highest BCUT2D eigenvalue weighted by atomic mass is 16.2. The molecule has 2 aliphatic heterocycles. The maximum atomic E-state index is 12.5. The Labute approximate surface area is 144 Å². The monoisotopic (exact) mass is 331 g/mol. The summed E-state index contributed by atoms with van der Waals surface area (Å²) in [5.41, 5.74) is 0.980. The third kappa shape index (κ3) is 4.90. The van der Waals surface area contributed by atoms with E-state index in [0.717, 1.165) is 63.4 Å². The van der Waals surface area contributed by atoms with E-state index in [1.807, 2.05) is 13.0 Å². The van der Waals surface area contributed by atoms with Crippen molar-refractivity contribution < 1.29 is 4.79 Å². The molecule has 6 heteroatoms. The molecule has 2 aliphatic rings. The van der Waals surface area contributed by atoms with Crippen LogP contribution in [0, 0.1) is 6.92 Å². The number of aromatic nitrogens is 2. The molecule has 3 rings (SSSR count). The lowest BCUT2D eigenvalue weighted by Crippen LogP contribution is -2.45. The minimum atomic E-state index is 0.315. The van der Waals surface area contributed by atoms with Crippen molar-refractivity contribution in [1.29, 1.82) is 0 Å². The van der Waals surface area contributed by atoms with Gasteiger partial charge >= 0.3 is 0 Å². The Kier molecular flexibility index (Phi) is 6.01. The molecule has 0 aliphatic carbocycles. The number of likely N-dealkylation sites (tertiary alicyclic amines) is 2. The van der Waals surface area contributed by atoms with Gasteiger partial charge in [0.05, 0.1) is 6.54 Å². The van der Waals surface area contributed by atoms with Crippen molar-refractivity contribution in [3.63, 3.8) is 0 Å². The Morgan fingerprint density at radius 2 is 1.83 bits per heavy atom. The maximum Gasteiger partial charge on any atom is 0.236 e. The number of nitrogens with zero attached hydrogens (tertiary/aromatic N) is 4. The van der Waals surface area contributed by atoms with Gasteiger partial charge in [0.25, 0.3) is 0 Å². The van der Waals surface area contributed by atoms with Gasteiger partial charge in [0.1, 0.15) is 12.1 Å². The van der Waals surface area contributed by atoms with Crippen molar-refractivity contribution in [1.82, 2.24) is 19.8 Å². The van der Waals surface area contributed by atoms with E-state index in [-0.39, 0.29) is 0 Å². The number of carbonyl (C=O) groups is 1. The molecule has 132 valence electrons. The first-order chi connectivity index (χ1) is 11.7. The molecule has 2 saturated heterocycles. The van der Waals surface area contributed by atoms with Crippen LogP contribution in [0.25, 0.3) is 0 Å². The van der Waals surface area contributed by atoms with E-state index in [2.05, 4.69) is 25.1 Å². The smallest absolute Gasteiger partial charge is 0.236 e. The summed E-state index contributed by atoms with van der Waals surface area (Å²) in [6.45, 7) is 6.40. The van der Waals surface area contributed by atoms with E-state index in [1.54, 1.807) is 6.33 Å². The number of anilines is 1. The van der Waals surface area contributed by atoms with Crippen LogP contribution in [0.1, 0.15) is 44.2 Å². The minimum Gasteiger partial charge on any atom is -0.367 e. The SMILES string of the molecule is Cc1cc(NC2CCN(CC(=O)N3CCCCCC3)CC2)ncn1. The van der Waals surface area contributed by atoms with Crippen molar-refractivity contribution in [2.24, 2.45) is 0 Å². The van der Waals surface area contributed by atoms with Crippen LogP contribution in [0.15, 0.2) is 12.4 Å². The highest BCUT2D eigenvalue weighted by molar-refractivity contribution is 5.78. The summed E-state index contributed by atoms with van der Waals surface area (Å²) < 4.78 is 0. The molecule has 0 unspecified atom stereocenters. The molecule has 0 atom stereocenters. The molecule has 0 spiro atoms. The fourth-order valence-electron chi connectivity index (χ4n) is 3.59. The lowest BCUT2D eigenvalue weighted by molar-refractivity contribution is -0.132. The summed E-state index contributed by atoms with van der Waals surface area (Å²) in [4.78, 5) is 25.3. The first kappa shape index (κ1) is 17.1. The van der Waals surface area contributed by atoms with Gasteiger partial charge in [-0.3, -0.25) is 9.69 Å². The Morgan fingerprint density at radius 1 is 1.12 bits per heavy atom. The lowest BCUT2D eigenvalue weighted by atomic mass is 10.0. The van der Waals surface area contributed by atoms with Crippen molar-refractivity contribution >= 4 is 11.7 Å². The highest BCUT2D eigenvalue weighted by Crippen LogP contribution is 2.16. The number of piperidine rings is 1. The number of hydrogen-bond acceptors (Lipinski definition) is 5. The number of nitrogens with one attached hydrogen (secondary N) is 1. The quantitative estimate of drug-likeness (QED) is 0.915. The number of hydrogen-bond donors (Lipinski definition) is 1. The van der Waals surface area contributed by atoms with Gasteiger partial charge in [-0.2, -0.15) is 0 Å². The second-order valence-corrected chi connectivity index (χ2v) is 7.03. The topological polar surface area (TPSA) is 61.4 Å². The lowest BCUT2D eigenvalue weighted by Gasteiger charge is -2.33. The largest absolute Gasteiger partial charge is 0.367 e. The van der Waals surface area contributed by atoms with Gasteiger partial charge in [-0.15, -0.1) is 0 Å². The van der Waals surface area contributed by atoms with E-state index in [1.165, 1.54) is 12.8 Å². The van der Waals surface area contributed by atoms with Crippen molar-refractivity contribution in [2.45, 2.75) is 51.5 Å². The summed E-state index contributed by atoms with van der Waals surface area (Å²) in [6.07, 6.45) is 8.57. The van der Waals surface area contributed by atoms with Crippen LogP contribution >= 0.6 is 0 Å².